The predicted molar refractivity (Wildman–Crippen MR) is 99.1 cm³/mol. The van der Waals surface area contributed by atoms with E-state index < -0.39 is 10.0 Å². The lowest BCUT2D eigenvalue weighted by Crippen LogP contribution is -2.37. The second kappa shape index (κ2) is 9.68. The Morgan fingerprint density at radius 2 is 1.69 bits per heavy atom. The molecule has 2 amide bonds. The maximum Gasteiger partial charge on any atom is 0.243 e. The van der Waals surface area contributed by atoms with E-state index >= 15 is 0 Å². The number of hydrogen-bond acceptors (Lipinski definition) is 4. The third kappa shape index (κ3) is 5.81. The monoisotopic (exact) mass is 381 g/mol. The fourth-order valence-corrected chi connectivity index (χ4v) is 4.27. The van der Waals surface area contributed by atoms with E-state index in [0.717, 1.165) is 24.8 Å². The molecular formula is C18H27N3O4S. The minimum Gasteiger partial charge on any atom is -0.355 e. The van der Waals surface area contributed by atoms with Gasteiger partial charge in [-0.3, -0.25) is 9.59 Å². The van der Waals surface area contributed by atoms with Crippen LogP contribution in [0, 0.1) is 0 Å². The Labute approximate surface area is 155 Å². The SMILES string of the molecule is CCCNC(=O)CNC(=O)CCc1ccc(S(=O)(=O)N2CCCC2)cc1. The number of carbonyl (C=O) groups is 2. The summed E-state index contributed by atoms with van der Waals surface area (Å²) in [6, 6.07) is 6.67. The molecule has 1 heterocycles. The van der Waals surface area contributed by atoms with Gasteiger partial charge in [-0.25, -0.2) is 8.42 Å². The Kier molecular flexibility index (Phi) is 7.59. The van der Waals surface area contributed by atoms with Gasteiger partial charge in [0.1, 0.15) is 0 Å². The Balaban J connectivity index is 1.80. The third-order valence-corrected chi connectivity index (χ3v) is 6.20. The lowest BCUT2D eigenvalue weighted by Gasteiger charge is -2.15. The number of carbonyl (C=O) groups excluding carboxylic acids is 2. The van der Waals surface area contributed by atoms with E-state index in [4.69, 9.17) is 0 Å². The van der Waals surface area contributed by atoms with Gasteiger partial charge in [0, 0.05) is 26.1 Å². The van der Waals surface area contributed by atoms with E-state index in [-0.39, 0.29) is 24.8 Å². The zero-order valence-corrected chi connectivity index (χ0v) is 16.0. The number of rotatable bonds is 9. The van der Waals surface area contributed by atoms with Crippen molar-refractivity contribution in [2.45, 2.75) is 43.9 Å². The molecule has 1 saturated heterocycles. The summed E-state index contributed by atoms with van der Waals surface area (Å²) in [6.07, 6.45) is 3.40. The largest absolute Gasteiger partial charge is 0.355 e. The first-order chi connectivity index (χ1) is 12.4. The van der Waals surface area contributed by atoms with Crippen LogP contribution in [0.4, 0.5) is 0 Å². The maximum atomic E-state index is 12.5. The van der Waals surface area contributed by atoms with E-state index in [2.05, 4.69) is 10.6 Å². The molecule has 0 atom stereocenters. The third-order valence-electron chi connectivity index (χ3n) is 4.29. The van der Waals surface area contributed by atoms with Crippen LogP contribution in [-0.4, -0.2) is 50.7 Å². The molecule has 0 radical (unpaired) electrons. The van der Waals surface area contributed by atoms with Crippen LogP contribution in [0.3, 0.4) is 0 Å². The highest BCUT2D eigenvalue weighted by atomic mass is 32.2. The Morgan fingerprint density at radius 1 is 1.04 bits per heavy atom. The Hall–Kier alpha value is -1.93. The van der Waals surface area contributed by atoms with Crippen LogP contribution in [0.25, 0.3) is 0 Å². The van der Waals surface area contributed by atoms with Crippen LogP contribution in [0.2, 0.25) is 0 Å². The molecule has 0 spiro atoms. The molecule has 144 valence electrons. The van der Waals surface area contributed by atoms with Crippen LogP contribution in [-0.2, 0) is 26.0 Å². The van der Waals surface area contributed by atoms with Crippen molar-refractivity contribution in [2.24, 2.45) is 0 Å². The van der Waals surface area contributed by atoms with E-state index in [0.29, 0.717) is 31.0 Å². The van der Waals surface area contributed by atoms with Crippen LogP contribution < -0.4 is 10.6 Å². The van der Waals surface area contributed by atoms with Crippen LogP contribution in [0.5, 0.6) is 0 Å². The van der Waals surface area contributed by atoms with Crippen molar-refractivity contribution in [3.05, 3.63) is 29.8 Å². The summed E-state index contributed by atoms with van der Waals surface area (Å²) >= 11 is 0. The minimum absolute atomic E-state index is 0.0220. The molecular weight excluding hydrogens is 354 g/mol. The zero-order valence-electron chi connectivity index (χ0n) is 15.2. The summed E-state index contributed by atoms with van der Waals surface area (Å²) in [5, 5.41) is 5.27. The predicted octanol–water partition coefficient (Wildman–Crippen LogP) is 1.05. The molecule has 0 unspecified atom stereocenters. The number of aryl methyl sites for hydroxylation is 1. The van der Waals surface area contributed by atoms with Gasteiger partial charge in [-0.15, -0.1) is 0 Å². The number of hydrogen-bond donors (Lipinski definition) is 2. The average molecular weight is 381 g/mol. The molecule has 2 N–H and O–H groups in total. The molecule has 1 aliphatic rings. The quantitative estimate of drug-likeness (QED) is 0.668. The molecule has 1 aliphatic heterocycles. The van der Waals surface area contributed by atoms with Crippen molar-refractivity contribution in [1.29, 1.82) is 0 Å². The van der Waals surface area contributed by atoms with Gasteiger partial charge in [-0.1, -0.05) is 19.1 Å². The summed E-state index contributed by atoms with van der Waals surface area (Å²) in [7, 11) is -3.40. The molecule has 1 aromatic carbocycles. The highest BCUT2D eigenvalue weighted by molar-refractivity contribution is 7.89. The molecule has 26 heavy (non-hydrogen) atoms. The molecule has 1 fully saturated rings. The first kappa shape index (κ1) is 20.4. The number of nitrogens with one attached hydrogen (secondary N) is 2. The molecule has 2 rings (SSSR count). The van der Waals surface area contributed by atoms with Crippen LogP contribution in [0.15, 0.2) is 29.2 Å². The number of amides is 2. The highest BCUT2D eigenvalue weighted by Gasteiger charge is 2.26. The van der Waals surface area contributed by atoms with Crippen molar-refractivity contribution in [2.75, 3.05) is 26.2 Å². The maximum absolute atomic E-state index is 12.5. The smallest absolute Gasteiger partial charge is 0.243 e. The summed E-state index contributed by atoms with van der Waals surface area (Å²) in [5.41, 5.74) is 0.885. The summed E-state index contributed by atoms with van der Waals surface area (Å²) < 4.78 is 26.4. The standard InChI is InChI=1S/C18H27N3O4S/c1-2-11-19-18(23)14-20-17(22)10-7-15-5-8-16(9-6-15)26(24,25)21-12-3-4-13-21/h5-6,8-9H,2-4,7,10-14H2,1H3,(H,19,23)(H,20,22). The minimum atomic E-state index is -3.40. The lowest BCUT2D eigenvalue weighted by molar-refractivity contribution is -0.126. The Morgan fingerprint density at radius 3 is 2.31 bits per heavy atom. The molecule has 1 aromatic rings. The second-order valence-electron chi connectivity index (χ2n) is 6.38. The zero-order chi connectivity index (χ0) is 19.0. The van der Waals surface area contributed by atoms with E-state index in [1.54, 1.807) is 24.3 Å². The topological polar surface area (TPSA) is 95.6 Å². The van der Waals surface area contributed by atoms with Crippen LogP contribution >= 0.6 is 0 Å². The van der Waals surface area contributed by atoms with Crippen molar-refractivity contribution < 1.29 is 18.0 Å². The number of nitrogens with zero attached hydrogens (tertiary/aromatic N) is 1. The normalized spacial score (nSPS) is 15.0. The summed E-state index contributed by atoms with van der Waals surface area (Å²) in [4.78, 5) is 23.5. The van der Waals surface area contributed by atoms with Gasteiger partial charge in [0.25, 0.3) is 0 Å². The van der Waals surface area contributed by atoms with Gasteiger partial charge in [0.2, 0.25) is 21.8 Å². The average Bonchev–Trinajstić information content (AvgIpc) is 3.19. The molecule has 7 nitrogen and oxygen atoms in total. The van der Waals surface area contributed by atoms with E-state index in [1.807, 2.05) is 6.92 Å². The molecule has 0 saturated carbocycles. The van der Waals surface area contributed by atoms with Gasteiger partial charge in [0.05, 0.1) is 11.4 Å². The molecule has 8 heteroatoms. The van der Waals surface area contributed by atoms with Gasteiger partial charge in [0.15, 0.2) is 0 Å². The second-order valence-corrected chi connectivity index (χ2v) is 8.32. The van der Waals surface area contributed by atoms with Crippen LogP contribution in [0.1, 0.15) is 38.2 Å². The number of benzene rings is 1. The van der Waals surface area contributed by atoms with E-state index in [9.17, 15) is 18.0 Å². The lowest BCUT2D eigenvalue weighted by atomic mass is 10.1. The summed E-state index contributed by atoms with van der Waals surface area (Å²) in [6.45, 7) is 3.69. The van der Waals surface area contributed by atoms with Crippen molar-refractivity contribution in [3.63, 3.8) is 0 Å². The first-order valence-corrected chi connectivity index (χ1v) is 10.5. The fraction of sp³-hybridized carbons (Fsp3) is 0.556. The van der Waals surface area contributed by atoms with Gasteiger partial charge in [-0.2, -0.15) is 4.31 Å². The van der Waals surface area contributed by atoms with Gasteiger partial charge >= 0.3 is 0 Å². The van der Waals surface area contributed by atoms with Gasteiger partial charge < -0.3 is 10.6 Å². The van der Waals surface area contributed by atoms with Crippen molar-refractivity contribution in [3.8, 4) is 0 Å². The van der Waals surface area contributed by atoms with Crippen molar-refractivity contribution >= 4 is 21.8 Å². The Bertz CT molecular complexity index is 710. The summed E-state index contributed by atoms with van der Waals surface area (Å²) in [5.74, 6) is -0.401. The van der Waals surface area contributed by atoms with E-state index in [1.165, 1.54) is 4.31 Å². The first-order valence-electron chi connectivity index (χ1n) is 9.06. The van der Waals surface area contributed by atoms with Crippen molar-refractivity contribution in [1.82, 2.24) is 14.9 Å². The molecule has 0 aromatic heterocycles. The van der Waals surface area contributed by atoms with Gasteiger partial charge in [-0.05, 0) is 43.4 Å². The fourth-order valence-electron chi connectivity index (χ4n) is 2.76. The highest BCUT2D eigenvalue weighted by Crippen LogP contribution is 2.21. The molecule has 0 bridgehead atoms. The number of sulfonamides is 1. The molecule has 0 aliphatic carbocycles.